The lowest BCUT2D eigenvalue weighted by Crippen LogP contribution is -2.64. The average Bonchev–Trinajstić information content (AvgIpc) is 3.41. The maximum absolute atomic E-state index is 15.0. The molecule has 0 spiro atoms. The Hall–Kier alpha value is -3.40. The lowest BCUT2D eigenvalue weighted by atomic mass is 9.70. The van der Waals surface area contributed by atoms with Crippen LogP contribution in [-0.4, -0.2) is 83.6 Å². The standard InChI is InChI=1S/C42H65N5O7S/c1-8-10-24-43-36(50)33(48)30(25-28-18-17-19-28)44-35(49)32-31-29(40(31,5)6)26-47(32)37(51)34(41(7)20-13-11-14-21-41)45-38(52)46-42(22-15-12-16-23-42)27-55(53,54)39(3,4)9-2/h1,26,28,30-32,34H,9-25,27H2,2-7H3,(H,43,50)(H,44,49)(H2,45,46,52)/t30?,31?,32-,34+/m0/s1. The Morgan fingerprint density at radius 1 is 0.945 bits per heavy atom. The maximum atomic E-state index is 15.0. The number of hydrogen-bond acceptors (Lipinski definition) is 7. The van der Waals surface area contributed by atoms with Crippen LogP contribution in [0.15, 0.2) is 11.8 Å². The van der Waals surface area contributed by atoms with Gasteiger partial charge in [0.15, 0.2) is 9.84 Å². The van der Waals surface area contributed by atoms with Gasteiger partial charge < -0.3 is 26.2 Å². The highest BCUT2D eigenvalue weighted by molar-refractivity contribution is 7.92. The number of carbonyl (C=O) groups excluding carboxylic acids is 5. The third-order valence-electron chi connectivity index (χ3n) is 14.0. The molecular formula is C42H65N5O7S. The Kier molecular flexibility index (Phi) is 12.9. The highest BCUT2D eigenvalue weighted by atomic mass is 32.2. The van der Waals surface area contributed by atoms with E-state index < -0.39 is 73.2 Å². The molecule has 12 nitrogen and oxygen atoms in total. The van der Waals surface area contributed by atoms with E-state index in [4.69, 9.17) is 6.42 Å². The molecule has 0 aromatic carbocycles. The van der Waals surface area contributed by atoms with Gasteiger partial charge in [-0.3, -0.25) is 19.2 Å². The van der Waals surface area contributed by atoms with Crippen molar-refractivity contribution in [2.24, 2.45) is 22.7 Å². The minimum absolute atomic E-state index is 0.147. The lowest BCUT2D eigenvalue weighted by molar-refractivity contribution is -0.144. The zero-order valence-corrected chi connectivity index (χ0v) is 34.8. The summed E-state index contributed by atoms with van der Waals surface area (Å²) in [6.07, 6.45) is 18.7. The molecule has 2 unspecified atom stereocenters. The summed E-state index contributed by atoms with van der Waals surface area (Å²) >= 11 is 0. The third kappa shape index (κ3) is 9.10. The number of fused-ring (bicyclic) bond motifs is 1. The summed E-state index contributed by atoms with van der Waals surface area (Å²) in [4.78, 5) is 71.3. The van der Waals surface area contributed by atoms with Gasteiger partial charge in [-0.1, -0.05) is 85.5 Å². The van der Waals surface area contributed by atoms with Crippen molar-refractivity contribution in [2.45, 2.75) is 173 Å². The van der Waals surface area contributed by atoms with Crippen LogP contribution in [0.3, 0.4) is 0 Å². The quantitative estimate of drug-likeness (QED) is 0.0963. The zero-order valence-electron chi connectivity index (χ0n) is 34.0. The second-order valence-electron chi connectivity index (χ2n) is 18.6. The fourth-order valence-corrected chi connectivity index (χ4v) is 11.3. The van der Waals surface area contributed by atoms with Crippen LogP contribution in [0.4, 0.5) is 4.79 Å². The van der Waals surface area contributed by atoms with Crippen LogP contribution in [-0.2, 0) is 29.0 Å². The molecule has 0 aromatic rings. The van der Waals surface area contributed by atoms with Crippen molar-refractivity contribution in [1.29, 1.82) is 0 Å². The highest BCUT2D eigenvalue weighted by Gasteiger charge is 2.65. The normalized spacial score (nSPS) is 25.1. The molecule has 0 radical (unpaired) electrons. The number of rotatable bonds is 16. The van der Waals surface area contributed by atoms with Gasteiger partial charge in [-0.15, -0.1) is 12.3 Å². The minimum atomic E-state index is -3.59. The second kappa shape index (κ2) is 16.6. The summed E-state index contributed by atoms with van der Waals surface area (Å²) in [7, 11) is -3.59. The molecule has 4 fully saturated rings. The monoisotopic (exact) mass is 783 g/mol. The summed E-state index contributed by atoms with van der Waals surface area (Å²) in [5.74, 6) is -0.279. The number of amides is 5. The van der Waals surface area contributed by atoms with E-state index in [-0.39, 0.29) is 36.0 Å². The van der Waals surface area contributed by atoms with Crippen molar-refractivity contribution in [1.82, 2.24) is 26.2 Å². The van der Waals surface area contributed by atoms with Crippen LogP contribution in [0.25, 0.3) is 0 Å². The summed E-state index contributed by atoms with van der Waals surface area (Å²) in [5.41, 5.74) is -0.993. The van der Waals surface area contributed by atoms with E-state index in [0.717, 1.165) is 63.4 Å². The predicted octanol–water partition coefficient (Wildman–Crippen LogP) is 5.07. The Balaban J connectivity index is 1.40. The molecule has 0 bridgehead atoms. The van der Waals surface area contributed by atoms with E-state index in [1.807, 2.05) is 27.7 Å². The van der Waals surface area contributed by atoms with E-state index in [9.17, 15) is 32.4 Å². The zero-order chi connectivity index (χ0) is 40.4. The van der Waals surface area contributed by atoms with Crippen molar-refractivity contribution in [3.63, 3.8) is 0 Å². The topological polar surface area (TPSA) is 171 Å². The summed E-state index contributed by atoms with van der Waals surface area (Å²) in [5, 5.41) is 11.6. The second-order valence-corrected chi connectivity index (χ2v) is 21.2. The van der Waals surface area contributed by atoms with Crippen LogP contribution >= 0.6 is 0 Å². The van der Waals surface area contributed by atoms with Gasteiger partial charge in [-0.05, 0) is 74.7 Å². The summed E-state index contributed by atoms with van der Waals surface area (Å²) in [6.45, 7) is 11.5. The number of Topliss-reactive ketones (excluding diaryl/α,β-unsaturated/α-hetero) is 1. The van der Waals surface area contributed by atoms with Crippen molar-refractivity contribution < 1.29 is 32.4 Å². The number of urea groups is 1. The smallest absolute Gasteiger partial charge is 0.315 e. The van der Waals surface area contributed by atoms with Gasteiger partial charge in [0.05, 0.1) is 22.1 Å². The number of nitrogens with one attached hydrogen (secondary N) is 4. The number of nitrogens with zero attached hydrogens (tertiary/aromatic N) is 1. The van der Waals surface area contributed by atoms with Gasteiger partial charge in [-0.2, -0.15) is 0 Å². The molecule has 5 aliphatic rings. The molecule has 1 aliphatic heterocycles. The van der Waals surface area contributed by atoms with Crippen LogP contribution < -0.4 is 21.3 Å². The van der Waals surface area contributed by atoms with Gasteiger partial charge in [0.2, 0.25) is 17.6 Å². The van der Waals surface area contributed by atoms with Crippen LogP contribution in [0.5, 0.6) is 0 Å². The Morgan fingerprint density at radius 2 is 1.56 bits per heavy atom. The van der Waals surface area contributed by atoms with Crippen molar-refractivity contribution >= 4 is 39.4 Å². The summed E-state index contributed by atoms with van der Waals surface area (Å²) < 4.78 is 26.4. The Morgan fingerprint density at radius 3 is 2.13 bits per heavy atom. The molecule has 0 aromatic heterocycles. The minimum Gasteiger partial charge on any atom is -0.348 e. The molecular weight excluding hydrogens is 719 g/mol. The highest BCUT2D eigenvalue weighted by Crippen LogP contribution is 2.64. The number of sulfone groups is 1. The first-order chi connectivity index (χ1) is 25.8. The fraction of sp³-hybridized carbons (Fsp3) is 0.786. The molecule has 4 saturated carbocycles. The van der Waals surface area contributed by atoms with E-state index >= 15 is 0 Å². The van der Waals surface area contributed by atoms with Crippen LogP contribution in [0.1, 0.15) is 144 Å². The SMILES string of the molecule is C#CCCNC(=O)C(=O)C(CC1CCC1)NC(=O)[C@@H]1C2C(=CN1C(=O)[C@@H](NC(=O)NC1(CS(=O)(=O)C(C)(C)CC)CCCCC1)C1(C)CCCCC1)C2(C)C. The molecule has 4 atom stereocenters. The Labute approximate surface area is 328 Å². The maximum Gasteiger partial charge on any atom is 0.315 e. The van der Waals surface area contributed by atoms with Crippen LogP contribution in [0, 0.1) is 35.0 Å². The Bertz CT molecular complexity index is 1680. The first kappa shape index (κ1) is 42.7. The molecule has 5 rings (SSSR count). The molecule has 5 amide bonds. The third-order valence-corrected chi connectivity index (χ3v) is 16.9. The number of terminal acetylenes is 1. The first-order valence-corrected chi connectivity index (χ1v) is 22.4. The van der Waals surface area contributed by atoms with Gasteiger partial charge in [-0.25, -0.2) is 13.2 Å². The van der Waals surface area contributed by atoms with E-state index in [1.54, 1.807) is 20.0 Å². The molecule has 1 heterocycles. The molecule has 13 heteroatoms. The molecule has 0 saturated heterocycles. The largest absolute Gasteiger partial charge is 0.348 e. The van der Waals surface area contributed by atoms with E-state index in [1.165, 1.54) is 4.90 Å². The van der Waals surface area contributed by atoms with Crippen LogP contribution in [0.2, 0.25) is 0 Å². The molecule has 4 aliphatic carbocycles. The lowest BCUT2D eigenvalue weighted by Gasteiger charge is -2.44. The van der Waals surface area contributed by atoms with Crippen molar-refractivity contribution in [2.75, 3.05) is 12.3 Å². The average molecular weight is 784 g/mol. The van der Waals surface area contributed by atoms with Gasteiger partial charge in [0, 0.05) is 25.1 Å². The molecule has 55 heavy (non-hydrogen) atoms. The van der Waals surface area contributed by atoms with Gasteiger partial charge >= 0.3 is 6.03 Å². The number of hydrogen-bond donors (Lipinski definition) is 4. The van der Waals surface area contributed by atoms with Crippen molar-refractivity contribution in [3.05, 3.63) is 11.8 Å². The fourth-order valence-electron chi connectivity index (χ4n) is 9.39. The molecule has 4 N–H and O–H groups in total. The first-order valence-electron chi connectivity index (χ1n) is 20.7. The van der Waals surface area contributed by atoms with E-state index in [2.05, 4.69) is 27.2 Å². The van der Waals surface area contributed by atoms with E-state index in [0.29, 0.717) is 38.5 Å². The predicted molar refractivity (Wildman–Crippen MR) is 212 cm³/mol. The van der Waals surface area contributed by atoms with Gasteiger partial charge in [0.1, 0.15) is 12.1 Å². The molecule has 306 valence electrons. The number of ketones is 1. The number of carbonyl (C=O) groups is 5. The summed E-state index contributed by atoms with van der Waals surface area (Å²) in [6, 6.07) is -3.61. The van der Waals surface area contributed by atoms with Gasteiger partial charge in [0.25, 0.3) is 5.91 Å². The van der Waals surface area contributed by atoms with Crippen molar-refractivity contribution in [3.8, 4) is 12.3 Å².